The molecule has 0 unspecified atom stereocenters. The fraction of sp³-hybridized carbons (Fsp3) is 0.278. The number of nitrogens with one attached hydrogen (secondary N) is 1. The normalized spacial score (nSPS) is 11.2. The third-order valence-corrected chi connectivity index (χ3v) is 3.29. The molecule has 110 valence electrons. The lowest BCUT2D eigenvalue weighted by atomic mass is 9.95. The molecule has 2 aromatic carbocycles. The second-order valence-corrected chi connectivity index (χ2v) is 6.13. The molecule has 0 aromatic heterocycles. The average molecular weight is 285 g/mol. The molecule has 3 heteroatoms. The van der Waals surface area contributed by atoms with Gasteiger partial charge in [-0.1, -0.05) is 57.2 Å². The van der Waals surface area contributed by atoms with Gasteiger partial charge in [0.05, 0.1) is 0 Å². The maximum Gasteiger partial charge on any atom is 0.229 e. The molecular weight excluding hydrogens is 265 g/mol. The van der Waals surface area contributed by atoms with Crippen molar-refractivity contribution in [2.45, 2.75) is 27.2 Å². The van der Waals surface area contributed by atoms with Crippen LogP contribution in [0.5, 0.6) is 0 Å². The second-order valence-electron chi connectivity index (χ2n) is 6.13. The summed E-state index contributed by atoms with van der Waals surface area (Å²) in [6, 6.07) is 14.2. The first-order valence-corrected chi connectivity index (χ1v) is 7.00. The summed E-state index contributed by atoms with van der Waals surface area (Å²) in [6.45, 7) is 5.59. The maximum atomic E-state index is 13.8. The molecule has 2 aromatic rings. The van der Waals surface area contributed by atoms with Crippen molar-refractivity contribution in [1.82, 2.24) is 0 Å². The fourth-order valence-corrected chi connectivity index (χ4v) is 1.95. The number of amides is 1. The molecule has 2 nitrogen and oxygen atoms in total. The highest BCUT2D eigenvalue weighted by atomic mass is 19.1. The Hall–Kier alpha value is -2.16. The largest absolute Gasteiger partial charge is 0.325 e. The van der Waals surface area contributed by atoms with Crippen LogP contribution in [0.1, 0.15) is 31.9 Å². The zero-order valence-corrected chi connectivity index (χ0v) is 12.6. The number of hydrogen-bond acceptors (Lipinski definition) is 1. The zero-order chi connectivity index (χ0) is 15.5. The number of anilines is 1. The van der Waals surface area contributed by atoms with Crippen LogP contribution in [0.25, 0.3) is 0 Å². The standard InChI is InChI=1S/C18H20FNO/c1-18(2,3)17(21)20-16-11-7-5-9-14(16)12-13-8-4-6-10-15(13)19/h4-11H,12H2,1-3H3,(H,20,21). The molecule has 1 amide bonds. The van der Waals surface area contributed by atoms with E-state index in [1.165, 1.54) is 6.07 Å². The van der Waals surface area contributed by atoms with Crippen LogP contribution in [-0.2, 0) is 11.2 Å². The molecule has 2 rings (SSSR count). The molecule has 0 saturated carbocycles. The Morgan fingerprint density at radius 2 is 1.57 bits per heavy atom. The summed E-state index contributed by atoms with van der Waals surface area (Å²) in [5.41, 5.74) is 1.79. The van der Waals surface area contributed by atoms with Crippen LogP contribution in [-0.4, -0.2) is 5.91 Å². The minimum atomic E-state index is -0.467. The van der Waals surface area contributed by atoms with E-state index in [0.717, 1.165) is 11.3 Å². The number of carbonyl (C=O) groups excluding carboxylic acids is 1. The first-order chi connectivity index (χ1) is 9.88. The van der Waals surface area contributed by atoms with E-state index in [1.807, 2.05) is 51.1 Å². The molecule has 21 heavy (non-hydrogen) atoms. The Morgan fingerprint density at radius 1 is 1.00 bits per heavy atom. The Balaban J connectivity index is 2.26. The van der Waals surface area contributed by atoms with Crippen molar-refractivity contribution in [3.8, 4) is 0 Å². The molecule has 0 saturated heterocycles. The van der Waals surface area contributed by atoms with E-state index in [9.17, 15) is 9.18 Å². The summed E-state index contributed by atoms with van der Waals surface area (Å²) in [4.78, 5) is 12.1. The Labute approximate surface area is 125 Å². The molecule has 0 radical (unpaired) electrons. The van der Waals surface area contributed by atoms with E-state index in [2.05, 4.69) is 5.32 Å². The van der Waals surface area contributed by atoms with Gasteiger partial charge in [-0.2, -0.15) is 0 Å². The van der Waals surface area contributed by atoms with Crippen molar-refractivity contribution < 1.29 is 9.18 Å². The smallest absolute Gasteiger partial charge is 0.229 e. The predicted molar refractivity (Wildman–Crippen MR) is 83.7 cm³/mol. The number of benzene rings is 2. The summed E-state index contributed by atoms with van der Waals surface area (Å²) in [5, 5.41) is 2.93. The quantitative estimate of drug-likeness (QED) is 0.889. The molecule has 0 aliphatic heterocycles. The summed E-state index contributed by atoms with van der Waals surface area (Å²) in [7, 11) is 0. The van der Waals surface area contributed by atoms with Gasteiger partial charge in [-0.15, -0.1) is 0 Å². The predicted octanol–water partition coefficient (Wildman–Crippen LogP) is 4.40. The monoisotopic (exact) mass is 285 g/mol. The zero-order valence-electron chi connectivity index (χ0n) is 12.6. The molecule has 0 heterocycles. The minimum absolute atomic E-state index is 0.0523. The summed E-state index contributed by atoms with van der Waals surface area (Å²) >= 11 is 0. The number of halogens is 1. The van der Waals surface area contributed by atoms with Crippen LogP contribution in [0.2, 0.25) is 0 Å². The highest BCUT2D eigenvalue weighted by Crippen LogP contribution is 2.23. The molecule has 0 fully saturated rings. The van der Waals surface area contributed by atoms with Crippen LogP contribution < -0.4 is 5.32 Å². The van der Waals surface area contributed by atoms with E-state index in [1.54, 1.807) is 12.1 Å². The lowest BCUT2D eigenvalue weighted by molar-refractivity contribution is -0.123. The topological polar surface area (TPSA) is 29.1 Å². The lowest BCUT2D eigenvalue weighted by Gasteiger charge is -2.19. The summed E-state index contributed by atoms with van der Waals surface area (Å²) in [6.07, 6.45) is 0.452. The first kappa shape index (κ1) is 15.2. The van der Waals surface area contributed by atoms with Crippen LogP contribution in [0.15, 0.2) is 48.5 Å². The van der Waals surface area contributed by atoms with Crippen molar-refractivity contribution in [1.29, 1.82) is 0 Å². The van der Waals surface area contributed by atoms with E-state index in [-0.39, 0.29) is 11.7 Å². The van der Waals surface area contributed by atoms with Gasteiger partial charge < -0.3 is 5.32 Å². The van der Waals surface area contributed by atoms with E-state index < -0.39 is 5.41 Å². The third-order valence-electron chi connectivity index (χ3n) is 3.29. The first-order valence-electron chi connectivity index (χ1n) is 7.00. The van der Waals surface area contributed by atoms with E-state index in [4.69, 9.17) is 0 Å². The molecule has 1 N–H and O–H groups in total. The van der Waals surface area contributed by atoms with Crippen LogP contribution in [0.3, 0.4) is 0 Å². The third kappa shape index (κ3) is 3.91. The van der Waals surface area contributed by atoms with Crippen molar-refractivity contribution in [3.05, 3.63) is 65.5 Å². The number of carbonyl (C=O) groups is 1. The Kier molecular flexibility index (Phi) is 4.41. The van der Waals surface area contributed by atoms with Crippen molar-refractivity contribution in [2.75, 3.05) is 5.32 Å². The number of rotatable bonds is 3. The van der Waals surface area contributed by atoms with Gasteiger partial charge in [0, 0.05) is 17.5 Å². The Morgan fingerprint density at radius 3 is 2.19 bits per heavy atom. The average Bonchev–Trinajstić information content (AvgIpc) is 2.42. The highest BCUT2D eigenvalue weighted by molar-refractivity contribution is 5.95. The number of para-hydroxylation sites is 1. The molecule has 0 atom stereocenters. The SMILES string of the molecule is CC(C)(C)C(=O)Nc1ccccc1Cc1ccccc1F. The van der Waals surface area contributed by atoms with Gasteiger partial charge in [0.15, 0.2) is 0 Å². The van der Waals surface area contributed by atoms with E-state index in [0.29, 0.717) is 12.0 Å². The maximum absolute atomic E-state index is 13.8. The van der Waals surface area contributed by atoms with Crippen LogP contribution in [0.4, 0.5) is 10.1 Å². The van der Waals surface area contributed by atoms with E-state index >= 15 is 0 Å². The van der Waals surface area contributed by atoms with Gasteiger partial charge in [-0.25, -0.2) is 4.39 Å². The van der Waals surface area contributed by atoms with Gasteiger partial charge in [0.2, 0.25) is 5.91 Å². The highest BCUT2D eigenvalue weighted by Gasteiger charge is 2.22. The van der Waals surface area contributed by atoms with Crippen LogP contribution >= 0.6 is 0 Å². The Bertz CT molecular complexity index is 644. The molecule has 0 aliphatic rings. The van der Waals surface area contributed by atoms with Gasteiger partial charge in [0.1, 0.15) is 5.82 Å². The molecule has 0 bridgehead atoms. The minimum Gasteiger partial charge on any atom is -0.325 e. The van der Waals surface area contributed by atoms with Crippen molar-refractivity contribution >= 4 is 11.6 Å². The summed E-state index contributed by atoms with van der Waals surface area (Å²) < 4.78 is 13.8. The van der Waals surface area contributed by atoms with Crippen LogP contribution in [0, 0.1) is 11.2 Å². The van der Waals surface area contributed by atoms with Crippen molar-refractivity contribution in [2.24, 2.45) is 5.41 Å². The van der Waals surface area contributed by atoms with Gasteiger partial charge in [-0.05, 0) is 23.3 Å². The second kappa shape index (κ2) is 6.08. The van der Waals surface area contributed by atoms with Crippen molar-refractivity contribution in [3.63, 3.8) is 0 Å². The fourth-order valence-electron chi connectivity index (χ4n) is 1.95. The van der Waals surface area contributed by atoms with Gasteiger partial charge in [-0.3, -0.25) is 4.79 Å². The van der Waals surface area contributed by atoms with Gasteiger partial charge in [0.25, 0.3) is 0 Å². The van der Waals surface area contributed by atoms with Gasteiger partial charge >= 0.3 is 0 Å². The summed E-state index contributed by atoms with van der Waals surface area (Å²) in [5.74, 6) is -0.280. The molecular formula is C18H20FNO. The lowest BCUT2D eigenvalue weighted by Crippen LogP contribution is -2.28. The molecule has 0 aliphatic carbocycles. The molecule has 0 spiro atoms. The number of hydrogen-bond donors (Lipinski definition) is 1.